The summed E-state index contributed by atoms with van der Waals surface area (Å²) in [7, 11) is 0. The highest BCUT2D eigenvalue weighted by molar-refractivity contribution is 8.10. The molecule has 0 fully saturated rings. The summed E-state index contributed by atoms with van der Waals surface area (Å²) in [5.41, 5.74) is 0. The van der Waals surface area contributed by atoms with Crippen LogP contribution in [0.15, 0.2) is 12.7 Å². The second-order valence-electron chi connectivity index (χ2n) is 0.914. The lowest BCUT2D eigenvalue weighted by molar-refractivity contribution is 0.571. The molecule has 0 N–H and O–H groups in total. The zero-order valence-corrected chi connectivity index (χ0v) is 5.51. The van der Waals surface area contributed by atoms with Crippen LogP contribution in [0.1, 0.15) is 0 Å². The zero-order valence-electron chi connectivity index (χ0n) is 3.80. The molecule has 0 aromatic heterocycles. The standard InChI is InChI=1S/C4H7FS2/c1-2-3-7-4(5)6/h2,4,6H,1,3H2. The number of rotatable bonds is 3. The van der Waals surface area contributed by atoms with Crippen molar-refractivity contribution in [2.45, 2.75) is 4.84 Å². The molecular weight excluding hydrogens is 131 g/mol. The molecule has 42 valence electrons. The van der Waals surface area contributed by atoms with E-state index in [0.29, 0.717) is 5.75 Å². The molecule has 0 radical (unpaired) electrons. The molecule has 0 spiro atoms. The van der Waals surface area contributed by atoms with Gasteiger partial charge >= 0.3 is 0 Å². The molecule has 0 aliphatic carbocycles. The average Bonchev–Trinajstić information content (AvgIpc) is 1.61. The number of thiol groups is 1. The fourth-order valence-corrected chi connectivity index (χ4v) is 0.701. The average molecular weight is 138 g/mol. The maximum Gasteiger partial charge on any atom is 0.189 e. The lowest BCUT2D eigenvalue weighted by atomic mass is 10.8. The summed E-state index contributed by atoms with van der Waals surface area (Å²) in [6, 6.07) is 0. The van der Waals surface area contributed by atoms with Gasteiger partial charge < -0.3 is 0 Å². The van der Waals surface area contributed by atoms with Crippen molar-refractivity contribution >= 4 is 24.4 Å². The van der Waals surface area contributed by atoms with Crippen LogP contribution in [0.2, 0.25) is 0 Å². The maximum atomic E-state index is 11.7. The molecule has 0 amide bonds. The van der Waals surface area contributed by atoms with Crippen LogP contribution in [0.4, 0.5) is 4.39 Å². The molecule has 0 bridgehead atoms. The van der Waals surface area contributed by atoms with Crippen LogP contribution in [0, 0.1) is 0 Å². The molecule has 0 aromatic carbocycles. The summed E-state index contributed by atoms with van der Waals surface area (Å²) in [6.07, 6.45) is 1.65. The molecule has 7 heavy (non-hydrogen) atoms. The molecule has 1 atom stereocenters. The van der Waals surface area contributed by atoms with Crippen LogP contribution in [-0.4, -0.2) is 10.6 Å². The lowest BCUT2D eigenvalue weighted by Crippen LogP contribution is -1.78. The van der Waals surface area contributed by atoms with E-state index in [1.807, 2.05) is 0 Å². The van der Waals surface area contributed by atoms with E-state index in [2.05, 4.69) is 19.2 Å². The van der Waals surface area contributed by atoms with Crippen molar-refractivity contribution in [2.75, 3.05) is 5.75 Å². The predicted molar refractivity (Wildman–Crippen MR) is 36.5 cm³/mol. The van der Waals surface area contributed by atoms with Crippen LogP contribution in [-0.2, 0) is 0 Å². The number of hydrogen-bond acceptors (Lipinski definition) is 2. The lowest BCUT2D eigenvalue weighted by Gasteiger charge is -1.92. The largest absolute Gasteiger partial charge is 0.224 e. The van der Waals surface area contributed by atoms with E-state index in [-0.39, 0.29) is 0 Å². The Hall–Kier alpha value is 0.370. The van der Waals surface area contributed by atoms with Crippen molar-refractivity contribution in [2.24, 2.45) is 0 Å². The third kappa shape index (κ3) is 6.37. The van der Waals surface area contributed by atoms with E-state index < -0.39 is 4.84 Å². The Balaban J connectivity index is 2.81. The van der Waals surface area contributed by atoms with Crippen LogP contribution < -0.4 is 0 Å². The molecule has 1 unspecified atom stereocenters. The maximum absolute atomic E-state index is 11.7. The number of hydrogen-bond donors (Lipinski definition) is 1. The predicted octanol–water partition coefficient (Wildman–Crippen LogP) is 2.09. The fraction of sp³-hybridized carbons (Fsp3) is 0.500. The highest BCUT2D eigenvalue weighted by atomic mass is 32.2. The van der Waals surface area contributed by atoms with Crippen LogP contribution >= 0.6 is 24.4 Å². The van der Waals surface area contributed by atoms with Crippen LogP contribution in [0.25, 0.3) is 0 Å². The summed E-state index contributed by atoms with van der Waals surface area (Å²) in [5.74, 6) is 0.630. The van der Waals surface area contributed by atoms with Crippen molar-refractivity contribution in [3.63, 3.8) is 0 Å². The van der Waals surface area contributed by atoms with Gasteiger partial charge in [-0.1, -0.05) is 6.08 Å². The summed E-state index contributed by atoms with van der Waals surface area (Å²) in [4.78, 5) is -1.06. The minimum Gasteiger partial charge on any atom is -0.224 e. The van der Waals surface area contributed by atoms with Crippen molar-refractivity contribution in [1.82, 2.24) is 0 Å². The van der Waals surface area contributed by atoms with Gasteiger partial charge in [0, 0.05) is 5.75 Å². The van der Waals surface area contributed by atoms with Gasteiger partial charge in [-0.3, -0.25) is 0 Å². The Kier molecular flexibility index (Phi) is 4.77. The molecule has 0 nitrogen and oxygen atoms in total. The molecule has 3 heteroatoms. The van der Waals surface area contributed by atoms with Gasteiger partial charge in [0.25, 0.3) is 0 Å². The van der Waals surface area contributed by atoms with Gasteiger partial charge in [0.15, 0.2) is 4.84 Å². The molecule has 0 aliphatic rings. The summed E-state index contributed by atoms with van der Waals surface area (Å²) < 4.78 is 11.7. The van der Waals surface area contributed by atoms with E-state index >= 15 is 0 Å². The van der Waals surface area contributed by atoms with E-state index in [9.17, 15) is 4.39 Å². The number of thioether (sulfide) groups is 1. The normalized spacial score (nSPS) is 13.4. The molecule has 0 saturated carbocycles. The van der Waals surface area contributed by atoms with E-state index in [4.69, 9.17) is 0 Å². The van der Waals surface area contributed by atoms with Gasteiger partial charge in [-0.15, -0.1) is 31.0 Å². The SMILES string of the molecule is C=CCSC(F)S. The second-order valence-corrected chi connectivity index (χ2v) is 2.80. The highest BCUT2D eigenvalue weighted by Gasteiger charge is 1.92. The Labute approximate surface area is 52.6 Å². The van der Waals surface area contributed by atoms with Gasteiger partial charge in [0.1, 0.15) is 0 Å². The van der Waals surface area contributed by atoms with Crippen molar-refractivity contribution in [3.8, 4) is 0 Å². The Morgan fingerprint density at radius 1 is 2.00 bits per heavy atom. The minimum atomic E-state index is -1.06. The molecular formula is C4H7FS2. The first kappa shape index (κ1) is 7.37. The van der Waals surface area contributed by atoms with Gasteiger partial charge in [0.05, 0.1) is 0 Å². The summed E-state index contributed by atoms with van der Waals surface area (Å²) in [5, 5.41) is 0. The molecule has 0 rings (SSSR count). The summed E-state index contributed by atoms with van der Waals surface area (Å²) in [6.45, 7) is 3.41. The van der Waals surface area contributed by atoms with Gasteiger partial charge in [-0.25, -0.2) is 4.39 Å². The Bertz CT molecular complexity index is 53.7. The third-order valence-electron chi connectivity index (χ3n) is 0.352. The second kappa shape index (κ2) is 4.53. The number of alkyl halides is 1. The zero-order chi connectivity index (χ0) is 5.70. The van der Waals surface area contributed by atoms with Crippen LogP contribution in [0.5, 0.6) is 0 Å². The van der Waals surface area contributed by atoms with Gasteiger partial charge in [0.2, 0.25) is 0 Å². The molecule has 0 aromatic rings. The van der Waals surface area contributed by atoms with Crippen molar-refractivity contribution in [1.29, 1.82) is 0 Å². The topological polar surface area (TPSA) is 0 Å². The third-order valence-corrected chi connectivity index (χ3v) is 1.50. The molecule has 0 saturated heterocycles. The number of halogens is 1. The van der Waals surface area contributed by atoms with Gasteiger partial charge in [-0.2, -0.15) is 0 Å². The minimum absolute atomic E-state index is 0.630. The molecule has 0 aliphatic heterocycles. The monoisotopic (exact) mass is 138 g/mol. The quantitative estimate of drug-likeness (QED) is 0.354. The van der Waals surface area contributed by atoms with E-state index in [1.165, 1.54) is 0 Å². The van der Waals surface area contributed by atoms with E-state index in [1.54, 1.807) is 6.08 Å². The Morgan fingerprint density at radius 3 is 2.71 bits per heavy atom. The Morgan fingerprint density at radius 2 is 2.57 bits per heavy atom. The smallest absolute Gasteiger partial charge is 0.189 e. The molecule has 0 heterocycles. The van der Waals surface area contributed by atoms with Crippen molar-refractivity contribution in [3.05, 3.63) is 12.7 Å². The van der Waals surface area contributed by atoms with Crippen LogP contribution in [0.3, 0.4) is 0 Å². The van der Waals surface area contributed by atoms with Gasteiger partial charge in [-0.05, 0) is 0 Å². The fourth-order valence-electron chi connectivity index (χ4n) is 0.147. The summed E-state index contributed by atoms with van der Waals surface area (Å²) >= 11 is 4.59. The first-order valence-corrected chi connectivity index (χ1v) is 3.38. The first-order chi connectivity index (χ1) is 3.27. The highest BCUT2D eigenvalue weighted by Crippen LogP contribution is 2.14. The van der Waals surface area contributed by atoms with Crippen molar-refractivity contribution < 1.29 is 4.39 Å². The van der Waals surface area contributed by atoms with E-state index in [0.717, 1.165) is 11.8 Å². The first-order valence-electron chi connectivity index (χ1n) is 1.82.